The Morgan fingerprint density at radius 1 is 1.26 bits per heavy atom. The third-order valence-electron chi connectivity index (χ3n) is 4.75. The zero-order valence-electron chi connectivity index (χ0n) is 16.9. The molecular formula is C21H22ClN5O3S. The number of carbonyl (C=O) groups excluding carboxylic acids is 2. The number of anilines is 1. The Hall–Kier alpha value is -2.88. The van der Waals surface area contributed by atoms with Gasteiger partial charge in [-0.05, 0) is 43.3 Å². The zero-order valence-corrected chi connectivity index (χ0v) is 18.5. The number of carbonyl (C=O) groups is 2. The lowest BCUT2D eigenvalue weighted by Crippen LogP contribution is -2.48. The Morgan fingerprint density at radius 3 is 2.71 bits per heavy atom. The molecule has 2 N–H and O–H groups in total. The number of benzene rings is 1. The average molecular weight is 460 g/mol. The van der Waals surface area contributed by atoms with Crippen molar-refractivity contribution in [1.29, 1.82) is 0 Å². The van der Waals surface area contributed by atoms with Crippen molar-refractivity contribution in [3.63, 3.8) is 0 Å². The minimum Gasteiger partial charge on any atom is -0.465 e. The average Bonchev–Trinajstić information content (AvgIpc) is 3.39. The summed E-state index contributed by atoms with van der Waals surface area (Å²) in [4.78, 5) is 31.2. The van der Waals surface area contributed by atoms with E-state index in [0.29, 0.717) is 40.6 Å². The van der Waals surface area contributed by atoms with E-state index in [-0.39, 0.29) is 18.4 Å². The maximum Gasteiger partial charge on any atom is 0.301 e. The number of rotatable bonds is 7. The van der Waals surface area contributed by atoms with E-state index < -0.39 is 0 Å². The molecule has 0 saturated carbocycles. The second-order valence-electron chi connectivity index (χ2n) is 6.84. The highest BCUT2D eigenvalue weighted by atomic mass is 35.5. The number of ether oxygens (including phenoxy) is 1. The summed E-state index contributed by atoms with van der Waals surface area (Å²) >= 11 is 7.13. The minimum absolute atomic E-state index is 0.0571. The third kappa shape index (κ3) is 4.90. The fraction of sp³-hybridized carbons (Fsp3) is 0.286. The molecule has 3 heterocycles. The Labute approximate surface area is 188 Å². The van der Waals surface area contributed by atoms with Gasteiger partial charge < -0.3 is 20.3 Å². The first-order valence-electron chi connectivity index (χ1n) is 9.91. The van der Waals surface area contributed by atoms with Crippen molar-refractivity contribution in [2.75, 3.05) is 31.1 Å². The van der Waals surface area contributed by atoms with Crippen LogP contribution in [0.5, 0.6) is 6.01 Å². The number of nitrogens with one attached hydrogen (secondary N) is 2. The van der Waals surface area contributed by atoms with Crippen molar-refractivity contribution in [3.8, 4) is 11.7 Å². The van der Waals surface area contributed by atoms with E-state index >= 15 is 0 Å². The van der Waals surface area contributed by atoms with E-state index in [1.165, 1.54) is 11.3 Å². The van der Waals surface area contributed by atoms with Crippen LogP contribution in [0.1, 0.15) is 22.3 Å². The van der Waals surface area contributed by atoms with Crippen LogP contribution in [0, 0.1) is 0 Å². The number of aromatic nitrogens is 2. The smallest absolute Gasteiger partial charge is 0.301 e. The molecule has 3 aromatic rings. The minimum atomic E-state index is -0.200. The lowest BCUT2D eigenvalue weighted by molar-refractivity contribution is -0.118. The topological polar surface area (TPSA) is 88.5 Å². The van der Waals surface area contributed by atoms with Crippen LogP contribution in [0.3, 0.4) is 0 Å². The van der Waals surface area contributed by atoms with Gasteiger partial charge in [0.15, 0.2) is 0 Å². The first-order valence-corrected chi connectivity index (χ1v) is 11.1. The maximum atomic E-state index is 12.3. The van der Waals surface area contributed by atoms with Crippen LogP contribution in [0.25, 0.3) is 5.69 Å². The summed E-state index contributed by atoms with van der Waals surface area (Å²) in [5, 5.41) is 5.92. The van der Waals surface area contributed by atoms with Crippen molar-refractivity contribution < 1.29 is 14.3 Å². The van der Waals surface area contributed by atoms with Gasteiger partial charge in [0.2, 0.25) is 5.91 Å². The molecule has 1 aliphatic rings. The molecule has 0 spiro atoms. The summed E-state index contributed by atoms with van der Waals surface area (Å²) < 4.78 is 8.08. The molecule has 0 radical (unpaired) electrons. The first-order chi connectivity index (χ1) is 15.0. The normalized spacial score (nSPS) is 14.0. The van der Waals surface area contributed by atoms with Crippen LogP contribution in [-0.4, -0.2) is 47.6 Å². The first kappa shape index (κ1) is 21.4. The number of hydrogen-bond donors (Lipinski definition) is 2. The Bertz CT molecular complexity index is 1080. The molecular weight excluding hydrogens is 438 g/mol. The number of amides is 2. The van der Waals surface area contributed by atoms with Gasteiger partial charge in [0, 0.05) is 25.0 Å². The number of hydrogen-bond acceptors (Lipinski definition) is 6. The van der Waals surface area contributed by atoms with E-state index in [1.54, 1.807) is 17.0 Å². The van der Waals surface area contributed by atoms with Gasteiger partial charge >= 0.3 is 6.01 Å². The zero-order chi connectivity index (χ0) is 21.8. The van der Waals surface area contributed by atoms with E-state index in [0.717, 1.165) is 17.9 Å². The van der Waals surface area contributed by atoms with Crippen molar-refractivity contribution in [1.82, 2.24) is 20.2 Å². The number of thiophene rings is 1. The van der Waals surface area contributed by atoms with Crippen molar-refractivity contribution in [2.24, 2.45) is 0 Å². The Balaban J connectivity index is 1.50. The van der Waals surface area contributed by atoms with Crippen LogP contribution < -0.4 is 20.3 Å². The molecule has 2 amide bonds. The van der Waals surface area contributed by atoms with Gasteiger partial charge in [0.05, 0.1) is 40.3 Å². The van der Waals surface area contributed by atoms with Crippen LogP contribution in [0.4, 0.5) is 5.69 Å². The second kappa shape index (κ2) is 9.51. The molecule has 162 valence electrons. The summed E-state index contributed by atoms with van der Waals surface area (Å²) in [6.45, 7) is 4.38. The molecule has 1 fully saturated rings. The fourth-order valence-corrected chi connectivity index (χ4v) is 4.24. The van der Waals surface area contributed by atoms with Crippen molar-refractivity contribution in [2.45, 2.75) is 13.5 Å². The van der Waals surface area contributed by atoms with Gasteiger partial charge in [-0.1, -0.05) is 11.6 Å². The Kier molecular flexibility index (Phi) is 6.55. The van der Waals surface area contributed by atoms with Gasteiger partial charge in [-0.3, -0.25) is 14.2 Å². The van der Waals surface area contributed by atoms with Crippen LogP contribution in [0.2, 0.25) is 4.34 Å². The molecule has 1 aliphatic heterocycles. The molecule has 8 nitrogen and oxygen atoms in total. The molecule has 1 aromatic carbocycles. The number of imidazole rings is 1. The van der Waals surface area contributed by atoms with E-state index in [9.17, 15) is 9.59 Å². The van der Waals surface area contributed by atoms with Gasteiger partial charge in [0.1, 0.15) is 0 Å². The molecule has 0 bridgehead atoms. The summed E-state index contributed by atoms with van der Waals surface area (Å²) in [6.07, 6.45) is 1.83. The summed E-state index contributed by atoms with van der Waals surface area (Å²) in [5.74, 6) is -0.142. The second-order valence-corrected chi connectivity index (χ2v) is 8.56. The van der Waals surface area contributed by atoms with Crippen molar-refractivity contribution in [3.05, 3.63) is 57.5 Å². The highest BCUT2D eigenvalue weighted by Crippen LogP contribution is 2.24. The highest BCUT2D eigenvalue weighted by molar-refractivity contribution is 7.17. The van der Waals surface area contributed by atoms with Gasteiger partial charge in [0.25, 0.3) is 5.91 Å². The van der Waals surface area contributed by atoms with Gasteiger partial charge in [-0.25, -0.2) is 0 Å². The standard InChI is InChI=1S/C21H22ClN5O3S/c1-2-30-21-25-14(11-24-20(29)17-7-8-18(22)31-17)13-27(21)16-5-3-15(4-6-16)26-10-9-23-12-19(26)28/h3-8,13,23H,2,9-12H2,1H3,(H,24,29). The molecule has 10 heteroatoms. The largest absolute Gasteiger partial charge is 0.465 e. The SMILES string of the molecule is CCOc1nc(CNC(=O)c2ccc(Cl)s2)cn1-c1ccc(N2CCNCC2=O)cc1. The van der Waals surface area contributed by atoms with Crippen LogP contribution >= 0.6 is 22.9 Å². The molecule has 31 heavy (non-hydrogen) atoms. The number of nitrogens with zero attached hydrogens (tertiary/aromatic N) is 3. The third-order valence-corrected chi connectivity index (χ3v) is 5.98. The lowest BCUT2D eigenvalue weighted by Gasteiger charge is -2.27. The molecule has 2 aromatic heterocycles. The van der Waals surface area contributed by atoms with Crippen LogP contribution in [0.15, 0.2) is 42.6 Å². The number of piperazine rings is 1. The molecule has 0 atom stereocenters. The van der Waals surface area contributed by atoms with E-state index in [1.807, 2.05) is 42.0 Å². The van der Waals surface area contributed by atoms with Gasteiger partial charge in [-0.15, -0.1) is 11.3 Å². The summed E-state index contributed by atoms with van der Waals surface area (Å²) in [7, 11) is 0. The predicted octanol–water partition coefficient (Wildman–Crippen LogP) is 2.85. The van der Waals surface area contributed by atoms with E-state index in [4.69, 9.17) is 16.3 Å². The quantitative estimate of drug-likeness (QED) is 0.567. The molecule has 0 unspecified atom stereocenters. The monoisotopic (exact) mass is 459 g/mol. The van der Waals surface area contributed by atoms with Gasteiger partial charge in [-0.2, -0.15) is 4.98 Å². The number of halogens is 1. The van der Waals surface area contributed by atoms with Crippen LogP contribution in [-0.2, 0) is 11.3 Å². The maximum absolute atomic E-state index is 12.3. The highest BCUT2D eigenvalue weighted by Gasteiger charge is 2.19. The lowest BCUT2D eigenvalue weighted by atomic mass is 10.2. The molecule has 0 aliphatic carbocycles. The summed E-state index contributed by atoms with van der Waals surface area (Å²) in [6, 6.07) is 11.5. The van der Waals surface area contributed by atoms with E-state index in [2.05, 4.69) is 15.6 Å². The molecule has 1 saturated heterocycles. The fourth-order valence-electron chi connectivity index (χ4n) is 3.28. The van der Waals surface area contributed by atoms with Crippen molar-refractivity contribution >= 4 is 40.4 Å². The molecule has 4 rings (SSSR count). The summed E-state index contributed by atoms with van der Waals surface area (Å²) in [5.41, 5.74) is 2.38. The Morgan fingerprint density at radius 2 is 2.03 bits per heavy atom. The predicted molar refractivity (Wildman–Crippen MR) is 120 cm³/mol.